The van der Waals surface area contributed by atoms with E-state index in [1.165, 1.54) is 0 Å². The first-order valence-corrected chi connectivity index (χ1v) is 7.50. The van der Waals surface area contributed by atoms with Crippen LogP contribution in [0.1, 0.15) is 23.2 Å². The van der Waals surface area contributed by atoms with Crippen LogP contribution in [0.25, 0.3) is 11.5 Å². The van der Waals surface area contributed by atoms with Crippen LogP contribution in [0, 0.1) is 6.92 Å². The first-order valence-electron chi connectivity index (χ1n) is 7.50. The molecule has 7 heteroatoms. The lowest BCUT2D eigenvalue weighted by atomic mass is 10.1. The van der Waals surface area contributed by atoms with E-state index in [0.717, 1.165) is 5.56 Å². The molecule has 2 amide bonds. The van der Waals surface area contributed by atoms with Gasteiger partial charge in [0.2, 0.25) is 17.7 Å². The van der Waals surface area contributed by atoms with Gasteiger partial charge >= 0.3 is 0 Å². The van der Waals surface area contributed by atoms with E-state index in [1.807, 2.05) is 0 Å². The van der Waals surface area contributed by atoms with Gasteiger partial charge in [-0.3, -0.25) is 9.59 Å². The molecule has 0 atom stereocenters. The normalized spacial score (nSPS) is 14.9. The Hall–Kier alpha value is -2.70. The van der Waals surface area contributed by atoms with Crippen molar-refractivity contribution < 1.29 is 14.0 Å². The molecule has 0 radical (unpaired) electrons. The zero-order valence-electron chi connectivity index (χ0n) is 13.2. The largest absolute Gasteiger partial charge is 0.421 e. The highest BCUT2D eigenvalue weighted by molar-refractivity contribution is 5.94. The quantitative estimate of drug-likeness (QED) is 0.836. The Kier molecular flexibility index (Phi) is 4.10. The average Bonchev–Trinajstić information content (AvgIpc) is 3.01. The highest BCUT2D eigenvalue weighted by Gasteiger charge is 2.23. The molecular formula is C16H18N4O3. The van der Waals surface area contributed by atoms with Crippen molar-refractivity contribution in [3.05, 3.63) is 35.7 Å². The van der Waals surface area contributed by atoms with Crippen LogP contribution in [0.2, 0.25) is 0 Å². The summed E-state index contributed by atoms with van der Waals surface area (Å²) in [5, 5.41) is 7.75. The second-order valence-corrected chi connectivity index (χ2v) is 5.50. The second-order valence-electron chi connectivity index (χ2n) is 5.50. The number of aryl methyl sites for hydroxylation is 1. The highest BCUT2D eigenvalue weighted by atomic mass is 16.4. The molecule has 3 rings (SSSR count). The molecule has 0 spiro atoms. The fourth-order valence-corrected chi connectivity index (χ4v) is 2.58. The standard InChI is InChI=1S/C16H18N4O3/c1-11-17-18-15(23-11)13-3-5-14(6-4-13)16(22)20-9-7-19(8-10-20)12(2)21/h3-6H,7-10H2,1-2H3. The Balaban J connectivity index is 1.68. The van der Waals surface area contributed by atoms with E-state index in [0.29, 0.717) is 43.5 Å². The molecule has 1 aromatic carbocycles. The zero-order chi connectivity index (χ0) is 16.4. The fraction of sp³-hybridized carbons (Fsp3) is 0.375. The number of amides is 2. The third kappa shape index (κ3) is 3.23. The summed E-state index contributed by atoms with van der Waals surface area (Å²) >= 11 is 0. The number of carbonyl (C=O) groups is 2. The van der Waals surface area contributed by atoms with E-state index < -0.39 is 0 Å². The molecule has 0 saturated carbocycles. The maximum Gasteiger partial charge on any atom is 0.253 e. The van der Waals surface area contributed by atoms with Crippen molar-refractivity contribution in [1.29, 1.82) is 0 Å². The van der Waals surface area contributed by atoms with Crippen molar-refractivity contribution in [2.24, 2.45) is 0 Å². The fourth-order valence-electron chi connectivity index (χ4n) is 2.58. The summed E-state index contributed by atoms with van der Waals surface area (Å²) in [6.07, 6.45) is 0. The van der Waals surface area contributed by atoms with Gasteiger partial charge in [-0.1, -0.05) is 0 Å². The van der Waals surface area contributed by atoms with Gasteiger partial charge in [0.05, 0.1) is 0 Å². The van der Waals surface area contributed by atoms with E-state index in [1.54, 1.807) is 47.9 Å². The first-order chi connectivity index (χ1) is 11.0. The number of nitrogens with zero attached hydrogens (tertiary/aromatic N) is 4. The Morgan fingerprint density at radius 1 is 1.00 bits per heavy atom. The van der Waals surface area contributed by atoms with Crippen LogP contribution in [0.3, 0.4) is 0 Å². The summed E-state index contributed by atoms with van der Waals surface area (Å²) < 4.78 is 5.37. The zero-order valence-corrected chi connectivity index (χ0v) is 13.2. The number of carbonyl (C=O) groups excluding carboxylic acids is 2. The van der Waals surface area contributed by atoms with Gasteiger partial charge in [0.15, 0.2) is 0 Å². The van der Waals surface area contributed by atoms with Gasteiger partial charge in [0, 0.05) is 51.2 Å². The van der Waals surface area contributed by atoms with Crippen molar-refractivity contribution in [3.63, 3.8) is 0 Å². The molecule has 0 bridgehead atoms. The molecule has 2 heterocycles. The van der Waals surface area contributed by atoms with E-state index in [-0.39, 0.29) is 11.8 Å². The van der Waals surface area contributed by atoms with Gasteiger partial charge in [0.25, 0.3) is 5.91 Å². The van der Waals surface area contributed by atoms with Crippen LogP contribution in [0.5, 0.6) is 0 Å². The van der Waals surface area contributed by atoms with Gasteiger partial charge in [-0.05, 0) is 24.3 Å². The summed E-state index contributed by atoms with van der Waals surface area (Å²) in [6.45, 7) is 5.57. The molecule has 2 aromatic rings. The third-order valence-electron chi connectivity index (χ3n) is 3.92. The molecule has 1 saturated heterocycles. The minimum Gasteiger partial charge on any atom is -0.421 e. The molecule has 1 aromatic heterocycles. The topological polar surface area (TPSA) is 79.5 Å². The van der Waals surface area contributed by atoms with E-state index in [2.05, 4.69) is 10.2 Å². The van der Waals surface area contributed by atoms with E-state index in [4.69, 9.17) is 4.42 Å². The Morgan fingerprint density at radius 2 is 1.61 bits per heavy atom. The molecule has 7 nitrogen and oxygen atoms in total. The Morgan fingerprint density at radius 3 is 2.13 bits per heavy atom. The van der Waals surface area contributed by atoms with Crippen LogP contribution in [0.15, 0.2) is 28.7 Å². The molecule has 1 fully saturated rings. The summed E-state index contributed by atoms with van der Waals surface area (Å²) in [7, 11) is 0. The lowest BCUT2D eigenvalue weighted by Gasteiger charge is -2.34. The summed E-state index contributed by atoms with van der Waals surface area (Å²) in [5.74, 6) is 0.970. The molecule has 120 valence electrons. The van der Waals surface area contributed by atoms with Gasteiger partial charge < -0.3 is 14.2 Å². The molecule has 0 aliphatic carbocycles. The number of piperazine rings is 1. The van der Waals surface area contributed by atoms with Crippen molar-refractivity contribution in [3.8, 4) is 11.5 Å². The molecule has 0 unspecified atom stereocenters. The molecule has 1 aliphatic heterocycles. The minimum absolute atomic E-state index is 0.0264. The van der Waals surface area contributed by atoms with Crippen LogP contribution < -0.4 is 0 Å². The summed E-state index contributed by atoms with van der Waals surface area (Å²) in [4.78, 5) is 27.3. The van der Waals surface area contributed by atoms with E-state index in [9.17, 15) is 9.59 Å². The van der Waals surface area contributed by atoms with Crippen molar-refractivity contribution in [1.82, 2.24) is 20.0 Å². The van der Waals surface area contributed by atoms with Crippen LogP contribution in [-0.2, 0) is 4.79 Å². The van der Waals surface area contributed by atoms with Gasteiger partial charge in [-0.25, -0.2) is 0 Å². The van der Waals surface area contributed by atoms with Crippen LogP contribution in [0.4, 0.5) is 0 Å². The number of hydrogen-bond acceptors (Lipinski definition) is 5. The van der Waals surface area contributed by atoms with Crippen molar-refractivity contribution in [2.45, 2.75) is 13.8 Å². The number of benzene rings is 1. The number of aromatic nitrogens is 2. The minimum atomic E-state index is -0.0264. The highest BCUT2D eigenvalue weighted by Crippen LogP contribution is 2.19. The summed E-state index contributed by atoms with van der Waals surface area (Å²) in [5.41, 5.74) is 1.39. The van der Waals surface area contributed by atoms with Gasteiger partial charge in [-0.15, -0.1) is 10.2 Å². The molecular weight excluding hydrogens is 296 g/mol. The molecule has 0 N–H and O–H groups in total. The maximum absolute atomic E-state index is 12.5. The smallest absolute Gasteiger partial charge is 0.253 e. The lowest BCUT2D eigenvalue weighted by Crippen LogP contribution is -2.50. The van der Waals surface area contributed by atoms with Crippen LogP contribution >= 0.6 is 0 Å². The lowest BCUT2D eigenvalue weighted by molar-refractivity contribution is -0.130. The van der Waals surface area contributed by atoms with Gasteiger partial charge in [0.1, 0.15) is 0 Å². The predicted octanol–water partition coefficient (Wildman–Crippen LogP) is 1.35. The number of rotatable bonds is 2. The third-order valence-corrected chi connectivity index (χ3v) is 3.92. The average molecular weight is 314 g/mol. The predicted molar refractivity (Wildman–Crippen MR) is 82.6 cm³/mol. The maximum atomic E-state index is 12.5. The molecule has 23 heavy (non-hydrogen) atoms. The SMILES string of the molecule is CC(=O)N1CCN(C(=O)c2ccc(-c3nnc(C)o3)cc2)CC1. The van der Waals surface area contributed by atoms with Crippen LogP contribution in [-0.4, -0.2) is 58.0 Å². The first kappa shape index (κ1) is 15.2. The van der Waals surface area contributed by atoms with Crippen molar-refractivity contribution >= 4 is 11.8 Å². The van der Waals surface area contributed by atoms with Crippen molar-refractivity contribution in [2.75, 3.05) is 26.2 Å². The van der Waals surface area contributed by atoms with Gasteiger partial charge in [-0.2, -0.15) is 0 Å². The Labute approximate surface area is 133 Å². The van der Waals surface area contributed by atoms with E-state index >= 15 is 0 Å². The Bertz CT molecular complexity index is 715. The second kappa shape index (κ2) is 6.20. The number of hydrogen-bond donors (Lipinski definition) is 0. The molecule has 1 aliphatic rings. The monoisotopic (exact) mass is 314 g/mol. The summed E-state index contributed by atoms with van der Waals surface area (Å²) in [6, 6.07) is 7.11.